The van der Waals surface area contributed by atoms with Gasteiger partial charge in [-0.2, -0.15) is 0 Å². The van der Waals surface area contributed by atoms with Crippen LogP contribution in [0.2, 0.25) is 0 Å². The van der Waals surface area contributed by atoms with Gasteiger partial charge in [0.25, 0.3) is 5.56 Å². The molecular weight excluding hydrogens is 845 g/mol. The van der Waals surface area contributed by atoms with E-state index in [2.05, 4.69) is 45.2 Å². The van der Waals surface area contributed by atoms with E-state index in [1.165, 1.54) is 17.4 Å². The summed E-state index contributed by atoms with van der Waals surface area (Å²) in [5, 5.41) is 0. The summed E-state index contributed by atoms with van der Waals surface area (Å²) in [5.41, 5.74) is 3.16. The van der Waals surface area contributed by atoms with Gasteiger partial charge in [-0.1, -0.05) is 72.0 Å². The van der Waals surface area contributed by atoms with Crippen LogP contribution in [0.4, 0.5) is 4.39 Å². The lowest BCUT2D eigenvalue weighted by atomic mass is 9.93. The number of hydrogen-bond acceptors (Lipinski definition) is 7. The molecule has 0 amide bonds. The molecule has 1 atom stereocenters. The first-order valence-electron chi connectivity index (χ1n) is 14.6. The second kappa shape index (κ2) is 14.5. The van der Waals surface area contributed by atoms with Crippen molar-refractivity contribution >= 4 is 74.3 Å². The maximum absolute atomic E-state index is 14.2. The molecule has 11 heteroatoms. The number of fused-ring (bicyclic) bond motifs is 1. The minimum atomic E-state index is -0.789. The van der Waals surface area contributed by atoms with Gasteiger partial charge < -0.3 is 14.2 Å². The zero-order valence-corrected chi connectivity index (χ0v) is 30.3. The number of thiazole rings is 1. The molecule has 0 radical (unpaired) electrons. The van der Waals surface area contributed by atoms with Gasteiger partial charge in [-0.25, -0.2) is 14.2 Å². The Morgan fingerprint density at radius 3 is 2.34 bits per heavy atom. The van der Waals surface area contributed by atoms with Gasteiger partial charge in [0.2, 0.25) is 0 Å². The van der Waals surface area contributed by atoms with Crippen molar-refractivity contribution in [1.82, 2.24) is 4.57 Å². The summed E-state index contributed by atoms with van der Waals surface area (Å²) in [7, 11) is 1.58. The molecule has 0 saturated carbocycles. The second-order valence-electron chi connectivity index (χ2n) is 10.4. The summed E-state index contributed by atoms with van der Waals surface area (Å²) in [6.07, 6.45) is 1.82. The minimum absolute atomic E-state index is 0.0918. The Labute approximate surface area is 301 Å². The van der Waals surface area contributed by atoms with Crippen molar-refractivity contribution in [3.8, 4) is 11.5 Å². The van der Waals surface area contributed by atoms with Crippen LogP contribution in [0.3, 0.4) is 0 Å². The van der Waals surface area contributed by atoms with Crippen molar-refractivity contribution in [3.05, 3.63) is 151 Å². The average molecular weight is 872 g/mol. The van der Waals surface area contributed by atoms with E-state index in [0.29, 0.717) is 37.7 Å². The number of benzene rings is 4. The van der Waals surface area contributed by atoms with Crippen molar-refractivity contribution in [2.24, 2.45) is 4.99 Å². The zero-order valence-electron chi connectivity index (χ0n) is 25.2. The first-order chi connectivity index (χ1) is 22.8. The summed E-state index contributed by atoms with van der Waals surface area (Å²) in [6, 6.07) is 26.3. The Balaban J connectivity index is 1.48. The van der Waals surface area contributed by atoms with Crippen LogP contribution in [-0.2, 0) is 16.1 Å². The molecule has 0 spiro atoms. The topological polar surface area (TPSA) is 79.1 Å². The van der Waals surface area contributed by atoms with Crippen LogP contribution in [0.15, 0.2) is 106 Å². The summed E-state index contributed by atoms with van der Waals surface area (Å²) in [4.78, 5) is 33.3. The van der Waals surface area contributed by atoms with Gasteiger partial charge in [0.15, 0.2) is 4.80 Å². The fourth-order valence-electron chi connectivity index (χ4n) is 5.26. The average Bonchev–Trinajstić information content (AvgIpc) is 3.38. The summed E-state index contributed by atoms with van der Waals surface area (Å²) < 4.78 is 34.8. The molecule has 0 aliphatic carbocycles. The number of aromatic nitrogens is 1. The van der Waals surface area contributed by atoms with Crippen LogP contribution in [0, 0.1) is 13.0 Å². The molecule has 5 aromatic rings. The highest BCUT2D eigenvalue weighted by Gasteiger charge is 2.35. The molecule has 6 rings (SSSR count). The summed E-state index contributed by atoms with van der Waals surface area (Å²) in [6.45, 7) is 2.01. The Hall–Kier alpha value is -3.82. The highest BCUT2D eigenvalue weighted by atomic mass is 127. The van der Waals surface area contributed by atoms with Crippen LogP contribution in [-0.4, -0.2) is 24.3 Å². The Morgan fingerprint density at radius 1 is 1.00 bits per heavy atom. The van der Waals surface area contributed by atoms with Crippen LogP contribution >= 0.6 is 56.5 Å². The fourth-order valence-corrected chi connectivity index (χ4v) is 8.39. The second-order valence-corrected chi connectivity index (χ2v) is 13.7. The number of halogens is 3. The quantitative estimate of drug-likeness (QED) is 0.120. The van der Waals surface area contributed by atoms with E-state index in [9.17, 15) is 14.0 Å². The van der Waals surface area contributed by atoms with Crippen molar-refractivity contribution < 1.29 is 23.4 Å². The van der Waals surface area contributed by atoms with E-state index >= 15 is 0 Å². The molecule has 0 bridgehead atoms. The van der Waals surface area contributed by atoms with Crippen LogP contribution in [0.1, 0.15) is 35.2 Å². The van der Waals surface area contributed by atoms with Gasteiger partial charge in [-0.15, -0.1) is 0 Å². The minimum Gasteiger partial charge on any atom is -0.497 e. The lowest BCUT2D eigenvalue weighted by Gasteiger charge is -2.26. The van der Waals surface area contributed by atoms with Gasteiger partial charge in [0.05, 0.1) is 42.7 Å². The normalized spacial score (nSPS) is 14.4. The Bertz CT molecular complexity index is 2160. The van der Waals surface area contributed by atoms with E-state index in [1.54, 1.807) is 48.9 Å². The van der Waals surface area contributed by atoms with Crippen molar-refractivity contribution in [2.45, 2.75) is 19.6 Å². The maximum atomic E-state index is 14.2. The number of carbonyl (C=O) groups excluding carboxylic acids is 1. The van der Waals surface area contributed by atoms with Gasteiger partial charge >= 0.3 is 5.97 Å². The third kappa shape index (κ3) is 6.92. The number of hydrogen-bond donors (Lipinski definition) is 0. The molecule has 1 aliphatic rings. The molecule has 4 aromatic carbocycles. The van der Waals surface area contributed by atoms with Crippen molar-refractivity contribution in [2.75, 3.05) is 13.7 Å². The summed E-state index contributed by atoms with van der Waals surface area (Å²) >= 11 is 5.62. The van der Waals surface area contributed by atoms with E-state index < -0.39 is 12.0 Å². The number of methoxy groups -OCH3 is 1. The van der Waals surface area contributed by atoms with E-state index in [4.69, 9.17) is 19.2 Å². The monoisotopic (exact) mass is 872 g/mol. The molecule has 238 valence electrons. The van der Waals surface area contributed by atoms with E-state index in [-0.39, 0.29) is 30.2 Å². The SMILES string of the molecule is CCOC(=O)C1=C(c2ccccc2)N=c2s/c(=C\c3cc(I)c(OCc4ccccc4F)c(I)c3)c(=O)n2[C@@H]1c1ccc(OC)cc1. The van der Waals surface area contributed by atoms with Crippen molar-refractivity contribution in [1.29, 1.82) is 0 Å². The largest absolute Gasteiger partial charge is 0.497 e. The lowest BCUT2D eigenvalue weighted by molar-refractivity contribution is -0.138. The molecule has 47 heavy (non-hydrogen) atoms. The lowest BCUT2D eigenvalue weighted by Crippen LogP contribution is -2.40. The highest BCUT2D eigenvalue weighted by Crippen LogP contribution is 2.36. The predicted molar refractivity (Wildman–Crippen MR) is 197 cm³/mol. The van der Waals surface area contributed by atoms with Gasteiger partial charge in [0.1, 0.15) is 23.9 Å². The molecular formula is C36H27FI2N2O5S. The first-order valence-corrected chi connectivity index (χ1v) is 17.5. The number of carbonyl (C=O) groups is 1. The maximum Gasteiger partial charge on any atom is 0.338 e. The summed E-state index contributed by atoms with van der Waals surface area (Å²) in [5.74, 6) is 0.426. The molecule has 1 aliphatic heterocycles. The van der Waals surface area contributed by atoms with Crippen LogP contribution in [0.5, 0.6) is 11.5 Å². The number of rotatable bonds is 9. The number of esters is 1. The van der Waals surface area contributed by atoms with Crippen LogP contribution < -0.4 is 24.4 Å². The molecule has 7 nitrogen and oxygen atoms in total. The van der Waals surface area contributed by atoms with Gasteiger partial charge in [0, 0.05) is 11.1 Å². The fraction of sp³-hybridized carbons (Fsp3) is 0.139. The number of nitrogens with zero attached hydrogens (tertiary/aromatic N) is 2. The Kier molecular flexibility index (Phi) is 10.2. The predicted octanol–water partition coefficient (Wildman–Crippen LogP) is 6.87. The molecule has 0 fully saturated rings. The Morgan fingerprint density at radius 2 is 1.68 bits per heavy atom. The molecule has 0 unspecified atom stereocenters. The third-order valence-corrected chi connectivity index (χ3v) is 10.0. The van der Waals surface area contributed by atoms with E-state index in [1.807, 2.05) is 60.7 Å². The van der Waals surface area contributed by atoms with E-state index in [0.717, 1.165) is 18.3 Å². The third-order valence-electron chi connectivity index (χ3n) is 7.45. The van der Waals surface area contributed by atoms with Crippen LogP contribution in [0.25, 0.3) is 11.8 Å². The highest BCUT2D eigenvalue weighted by molar-refractivity contribution is 14.1. The van der Waals surface area contributed by atoms with Crippen molar-refractivity contribution in [3.63, 3.8) is 0 Å². The van der Waals surface area contributed by atoms with Gasteiger partial charge in [-0.3, -0.25) is 9.36 Å². The molecule has 2 heterocycles. The first kappa shape index (κ1) is 33.1. The molecule has 1 aromatic heterocycles. The molecule has 0 N–H and O–H groups in total. The standard InChI is InChI=1S/C36H27FI2N2O5S/c1-3-45-35(43)30-31(22-9-5-4-6-10-22)40-36-41(32(30)23-13-15-25(44-2)16-14-23)34(42)29(47-36)19-21-17-27(38)33(28(39)18-21)46-20-24-11-7-8-12-26(24)37/h4-19,32H,3,20H2,1-2H3/b29-19-/t32-/m1/s1. The van der Waals surface area contributed by atoms with Gasteiger partial charge in [-0.05, 0) is 99.6 Å². The number of ether oxygens (including phenoxy) is 3. The smallest absolute Gasteiger partial charge is 0.338 e. The zero-order chi connectivity index (χ0) is 33.1. The molecule has 0 saturated heterocycles.